The van der Waals surface area contributed by atoms with Gasteiger partial charge in [0.1, 0.15) is 23.0 Å². The number of halogens is 5. The molecule has 1 aliphatic heterocycles. The van der Waals surface area contributed by atoms with E-state index in [0.717, 1.165) is 23.4 Å². The maximum Gasteiger partial charge on any atom is 0.433 e. The Morgan fingerprint density at radius 2 is 1.67 bits per heavy atom. The fourth-order valence-electron chi connectivity index (χ4n) is 5.28. The van der Waals surface area contributed by atoms with Crippen LogP contribution in [0.2, 0.25) is 0 Å². The van der Waals surface area contributed by atoms with Gasteiger partial charge in [0.25, 0.3) is 11.8 Å². The van der Waals surface area contributed by atoms with Crippen molar-refractivity contribution in [2.75, 3.05) is 18.4 Å². The first-order valence-corrected chi connectivity index (χ1v) is 15.2. The molecule has 2 aromatic carbocycles. The molecule has 0 saturated carbocycles. The molecule has 5 rings (SSSR count). The van der Waals surface area contributed by atoms with Crippen molar-refractivity contribution in [1.29, 1.82) is 0 Å². The third-order valence-corrected chi connectivity index (χ3v) is 7.55. The summed E-state index contributed by atoms with van der Waals surface area (Å²) in [4.78, 5) is 35.2. The van der Waals surface area contributed by atoms with Crippen molar-refractivity contribution in [3.05, 3.63) is 102 Å². The Hall–Kier alpha value is -4.91. The van der Waals surface area contributed by atoms with Crippen molar-refractivity contribution in [2.24, 2.45) is 0 Å². The Kier molecular flexibility index (Phi) is 9.81. The number of alkyl halides is 5. The average molecular weight is 668 g/mol. The Labute approximate surface area is 274 Å². The summed E-state index contributed by atoms with van der Waals surface area (Å²) in [5, 5.41) is 5.11. The zero-order valence-corrected chi connectivity index (χ0v) is 26.4. The molecule has 48 heavy (non-hydrogen) atoms. The molecule has 2 N–H and O–H groups in total. The van der Waals surface area contributed by atoms with Crippen LogP contribution in [0, 0.1) is 0 Å². The minimum absolute atomic E-state index is 0.00342. The van der Waals surface area contributed by atoms with E-state index in [4.69, 9.17) is 4.74 Å². The van der Waals surface area contributed by atoms with E-state index in [0.29, 0.717) is 22.4 Å². The van der Waals surface area contributed by atoms with Gasteiger partial charge in [0, 0.05) is 49.7 Å². The molecule has 4 aromatic rings. The number of carbonyl (C=O) groups excluding carboxylic acids is 2. The van der Waals surface area contributed by atoms with Gasteiger partial charge in [0.15, 0.2) is 0 Å². The molecule has 2 amide bonds. The first-order chi connectivity index (χ1) is 22.6. The Balaban J connectivity index is 1.41. The van der Waals surface area contributed by atoms with Gasteiger partial charge >= 0.3 is 12.3 Å². The number of ether oxygens (including phenoxy) is 1. The number of aromatic nitrogens is 2. The molecule has 2 aromatic heterocycles. The largest absolute Gasteiger partial charge is 0.444 e. The van der Waals surface area contributed by atoms with E-state index in [-0.39, 0.29) is 25.3 Å². The van der Waals surface area contributed by atoms with E-state index < -0.39 is 47.9 Å². The number of rotatable bonds is 7. The summed E-state index contributed by atoms with van der Waals surface area (Å²) in [5.41, 5.74) is 1.55. The van der Waals surface area contributed by atoms with E-state index in [1.54, 1.807) is 56.0 Å². The van der Waals surface area contributed by atoms with Gasteiger partial charge in [0.2, 0.25) is 0 Å². The zero-order chi connectivity index (χ0) is 34.7. The lowest BCUT2D eigenvalue weighted by Gasteiger charge is -2.38. The molecule has 252 valence electrons. The number of carbonyl (C=O) groups is 2. The predicted molar refractivity (Wildman–Crippen MR) is 170 cm³/mol. The highest BCUT2D eigenvalue weighted by Crippen LogP contribution is 2.33. The van der Waals surface area contributed by atoms with Crippen molar-refractivity contribution >= 4 is 17.7 Å². The first-order valence-electron chi connectivity index (χ1n) is 15.2. The Morgan fingerprint density at radius 3 is 2.33 bits per heavy atom. The van der Waals surface area contributed by atoms with Crippen molar-refractivity contribution in [3.63, 3.8) is 0 Å². The smallest absolute Gasteiger partial charge is 0.433 e. The van der Waals surface area contributed by atoms with Crippen molar-refractivity contribution in [3.8, 4) is 22.3 Å². The number of nitrogens with one attached hydrogen (secondary N) is 2. The lowest BCUT2D eigenvalue weighted by Crippen LogP contribution is -2.58. The number of benzene rings is 2. The summed E-state index contributed by atoms with van der Waals surface area (Å²) in [6.45, 7) is 4.82. The van der Waals surface area contributed by atoms with Gasteiger partial charge in [0.05, 0.1) is 0 Å². The normalized spacial score (nSPS) is 16.6. The van der Waals surface area contributed by atoms with Crippen molar-refractivity contribution in [2.45, 2.75) is 57.5 Å². The van der Waals surface area contributed by atoms with Crippen LogP contribution in [0.4, 0.5) is 32.4 Å². The number of alkyl carbamates (subject to hydrolysis) is 1. The number of anilines is 1. The minimum atomic E-state index is -4.62. The van der Waals surface area contributed by atoms with Crippen molar-refractivity contribution < 1.29 is 36.3 Å². The van der Waals surface area contributed by atoms with Crippen LogP contribution in [0.5, 0.6) is 0 Å². The highest BCUT2D eigenvalue weighted by molar-refractivity contribution is 6.03. The number of piperidine rings is 1. The number of pyridine rings is 2. The SMILES string of the molecule is CC(C)(C)OC(=O)N[C@@H]1CN(Cc2cc(NC(=O)c3cc(-c4ccccc4)ccn3)cc(-c3ccc(C(F)(F)F)nc3)c2)CCC1(F)F. The lowest BCUT2D eigenvalue weighted by atomic mass is 9.99. The third kappa shape index (κ3) is 8.91. The standard InChI is InChI=1S/C35H34F5N5O3/c1-33(2,3)48-32(47)44-30-21-45(14-12-34(30,36)37)20-22-15-26(25-9-10-29(42-19-25)35(38,39)40)17-27(16-22)43-31(46)28-18-24(11-13-41-28)23-7-5-4-6-8-23/h4-11,13,15-19,30H,12,14,20-21H2,1-3H3,(H,43,46)(H,44,47)/t30-/m1/s1. The number of hydrogen-bond acceptors (Lipinski definition) is 6. The first kappa shape index (κ1) is 34.4. The minimum Gasteiger partial charge on any atom is -0.444 e. The Morgan fingerprint density at radius 1 is 0.917 bits per heavy atom. The second-order valence-electron chi connectivity index (χ2n) is 12.5. The van der Waals surface area contributed by atoms with E-state index in [2.05, 4.69) is 20.6 Å². The van der Waals surface area contributed by atoms with Gasteiger partial charge in [-0.2, -0.15) is 13.2 Å². The van der Waals surface area contributed by atoms with Crippen LogP contribution in [0.25, 0.3) is 22.3 Å². The monoisotopic (exact) mass is 667 g/mol. The van der Waals surface area contributed by atoms with E-state index >= 15 is 0 Å². The molecule has 3 heterocycles. The molecule has 0 unspecified atom stereocenters. The fraction of sp³-hybridized carbons (Fsp3) is 0.314. The predicted octanol–water partition coefficient (Wildman–Crippen LogP) is 7.82. The van der Waals surface area contributed by atoms with Crippen molar-refractivity contribution in [1.82, 2.24) is 20.2 Å². The summed E-state index contributed by atoms with van der Waals surface area (Å²) >= 11 is 0. The second kappa shape index (κ2) is 13.7. The molecule has 0 aliphatic carbocycles. The van der Waals surface area contributed by atoms with Gasteiger partial charge in [-0.05, 0) is 79.4 Å². The molecule has 1 fully saturated rings. The van der Waals surface area contributed by atoms with Gasteiger partial charge in [-0.3, -0.25) is 19.7 Å². The number of amides is 2. The second-order valence-corrected chi connectivity index (χ2v) is 12.5. The van der Waals surface area contributed by atoms with E-state index in [9.17, 15) is 31.5 Å². The summed E-state index contributed by atoms with van der Waals surface area (Å²) in [6.07, 6.45) is -3.51. The number of likely N-dealkylation sites (tertiary alicyclic amines) is 1. The van der Waals surface area contributed by atoms with Gasteiger partial charge < -0.3 is 15.4 Å². The topological polar surface area (TPSA) is 96.5 Å². The van der Waals surface area contributed by atoms with Crippen LogP contribution in [0.15, 0.2) is 85.2 Å². The highest BCUT2D eigenvalue weighted by atomic mass is 19.4. The number of nitrogens with zero attached hydrogens (tertiary/aromatic N) is 3. The molecular formula is C35H34F5N5O3. The summed E-state index contributed by atoms with van der Waals surface area (Å²) < 4.78 is 74.4. The van der Waals surface area contributed by atoms with Crippen LogP contribution in [-0.2, 0) is 17.5 Å². The summed E-state index contributed by atoms with van der Waals surface area (Å²) in [7, 11) is 0. The molecule has 1 saturated heterocycles. The van der Waals surface area contributed by atoms with Crippen LogP contribution < -0.4 is 10.6 Å². The van der Waals surface area contributed by atoms with Crippen LogP contribution in [0.3, 0.4) is 0 Å². The van der Waals surface area contributed by atoms with Gasteiger partial charge in [-0.1, -0.05) is 36.4 Å². The average Bonchev–Trinajstić information content (AvgIpc) is 3.02. The van der Waals surface area contributed by atoms with Crippen LogP contribution in [0.1, 0.15) is 48.9 Å². The highest BCUT2D eigenvalue weighted by Gasteiger charge is 2.45. The molecule has 8 nitrogen and oxygen atoms in total. The summed E-state index contributed by atoms with van der Waals surface area (Å²) in [5.74, 6) is -3.71. The molecule has 0 radical (unpaired) electrons. The fourth-order valence-corrected chi connectivity index (χ4v) is 5.28. The van der Waals surface area contributed by atoms with Crippen LogP contribution >= 0.6 is 0 Å². The molecule has 0 spiro atoms. The van der Waals surface area contributed by atoms with Crippen LogP contribution in [-0.4, -0.2) is 57.5 Å². The molecule has 0 bridgehead atoms. The Bertz CT molecular complexity index is 1760. The lowest BCUT2D eigenvalue weighted by molar-refractivity contribution is -0.141. The van der Waals surface area contributed by atoms with Gasteiger partial charge in [-0.15, -0.1) is 0 Å². The van der Waals surface area contributed by atoms with E-state index in [1.165, 1.54) is 12.3 Å². The van der Waals surface area contributed by atoms with E-state index in [1.807, 2.05) is 30.3 Å². The molecule has 1 aliphatic rings. The summed E-state index contributed by atoms with van der Waals surface area (Å²) in [6, 6.07) is 18.4. The maximum absolute atomic E-state index is 14.8. The molecular weight excluding hydrogens is 633 g/mol. The maximum atomic E-state index is 14.8. The zero-order valence-electron chi connectivity index (χ0n) is 26.4. The number of hydrogen-bond donors (Lipinski definition) is 2. The third-order valence-electron chi connectivity index (χ3n) is 7.55. The van der Waals surface area contributed by atoms with Gasteiger partial charge in [-0.25, -0.2) is 13.6 Å². The molecule has 1 atom stereocenters. The quantitative estimate of drug-likeness (QED) is 0.195. The molecule has 13 heteroatoms.